The third-order valence-electron chi connectivity index (χ3n) is 2.92. The summed E-state index contributed by atoms with van der Waals surface area (Å²) < 4.78 is 5.18. The van der Waals surface area contributed by atoms with E-state index >= 15 is 0 Å². The van der Waals surface area contributed by atoms with E-state index in [1.165, 1.54) is 7.11 Å². The van der Waals surface area contributed by atoms with E-state index in [4.69, 9.17) is 9.84 Å². The number of aliphatic hydroxyl groups is 1. The second kappa shape index (κ2) is 6.08. The van der Waals surface area contributed by atoms with Crippen molar-refractivity contribution in [1.29, 1.82) is 0 Å². The van der Waals surface area contributed by atoms with E-state index in [9.17, 15) is 4.79 Å². The Morgan fingerprint density at radius 3 is 2.33 bits per heavy atom. The third-order valence-corrected chi connectivity index (χ3v) is 2.92. The number of nitrogens with one attached hydrogen (secondary N) is 1. The van der Waals surface area contributed by atoms with Gasteiger partial charge >= 0.3 is 0 Å². The van der Waals surface area contributed by atoms with Gasteiger partial charge in [-0.05, 0) is 19.3 Å². The van der Waals surface area contributed by atoms with Crippen molar-refractivity contribution in [2.45, 2.75) is 45.8 Å². The van der Waals surface area contributed by atoms with E-state index in [1.807, 2.05) is 20.8 Å². The summed E-state index contributed by atoms with van der Waals surface area (Å²) in [6, 6.07) is -0.210. The lowest BCUT2D eigenvalue weighted by molar-refractivity contribution is -0.143. The summed E-state index contributed by atoms with van der Waals surface area (Å²) in [6.07, 6.45) is 0.603. The fraction of sp³-hybridized carbons (Fsp3) is 0.909. The summed E-state index contributed by atoms with van der Waals surface area (Å²) in [5, 5.41) is 11.9. The number of carbonyl (C=O) groups is 1. The van der Waals surface area contributed by atoms with Crippen molar-refractivity contribution in [2.24, 2.45) is 5.92 Å². The van der Waals surface area contributed by atoms with Crippen molar-refractivity contribution in [3.63, 3.8) is 0 Å². The van der Waals surface area contributed by atoms with E-state index in [-0.39, 0.29) is 24.5 Å². The number of aliphatic hydroxyl groups excluding tert-OH is 1. The summed E-state index contributed by atoms with van der Waals surface area (Å²) in [6.45, 7) is 7.50. The Bertz CT molecular complexity index is 200. The molecule has 4 heteroatoms. The van der Waals surface area contributed by atoms with E-state index in [0.29, 0.717) is 6.42 Å². The maximum Gasteiger partial charge on any atom is 0.252 e. The Morgan fingerprint density at radius 1 is 1.53 bits per heavy atom. The summed E-state index contributed by atoms with van der Waals surface area (Å²) in [4.78, 5) is 11.9. The van der Waals surface area contributed by atoms with Crippen LogP contribution in [0, 0.1) is 5.92 Å². The molecule has 0 radical (unpaired) electrons. The SMILES string of the molecule is CCC(C)(OC)C(=O)N[C@H](CO)C(C)C. The lowest BCUT2D eigenvalue weighted by Gasteiger charge is -2.29. The van der Waals surface area contributed by atoms with Gasteiger partial charge in [-0.25, -0.2) is 0 Å². The van der Waals surface area contributed by atoms with Gasteiger partial charge in [0.25, 0.3) is 5.91 Å². The van der Waals surface area contributed by atoms with Gasteiger partial charge in [0, 0.05) is 7.11 Å². The molecule has 90 valence electrons. The molecule has 0 heterocycles. The average molecular weight is 217 g/mol. The van der Waals surface area contributed by atoms with E-state index in [0.717, 1.165) is 0 Å². The van der Waals surface area contributed by atoms with Crippen LogP contribution in [0.15, 0.2) is 0 Å². The van der Waals surface area contributed by atoms with Gasteiger partial charge in [0.15, 0.2) is 0 Å². The number of amides is 1. The largest absolute Gasteiger partial charge is 0.394 e. The Balaban J connectivity index is 4.45. The Morgan fingerprint density at radius 2 is 2.07 bits per heavy atom. The zero-order valence-electron chi connectivity index (χ0n) is 10.3. The molecule has 0 spiro atoms. The zero-order valence-corrected chi connectivity index (χ0v) is 10.3. The second-order valence-corrected chi connectivity index (χ2v) is 4.30. The maximum atomic E-state index is 11.9. The highest BCUT2D eigenvalue weighted by molar-refractivity contribution is 5.84. The van der Waals surface area contributed by atoms with Gasteiger partial charge < -0.3 is 15.2 Å². The average Bonchev–Trinajstić information content (AvgIpc) is 2.23. The van der Waals surface area contributed by atoms with Crippen LogP contribution in [0.25, 0.3) is 0 Å². The van der Waals surface area contributed by atoms with Crippen molar-refractivity contribution >= 4 is 5.91 Å². The fourth-order valence-electron chi connectivity index (χ4n) is 1.14. The molecule has 0 aromatic carbocycles. The highest BCUT2D eigenvalue weighted by Gasteiger charge is 2.32. The predicted octanol–water partition coefficient (Wildman–Crippen LogP) is 0.935. The van der Waals surface area contributed by atoms with Crippen LogP contribution in [-0.4, -0.2) is 36.4 Å². The number of methoxy groups -OCH3 is 1. The lowest BCUT2D eigenvalue weighted by atomic mass is 9.99. The molecule has 0 bridgehead atoms. The van der Waals surface area contributed by atoms with Crippen molar-refractivity contribution in [2.75, 3.05) is 13.7 Å². The van der Waals surface area contributed by atoms with Crippen molar-refractivity contribution in [3.05, 3.63) is 0 Å². The normalized spacial score (nSPS) is 17.3. The number of carbonyl (C=O) groups excluding carboxylic acids is 1. The number of hydrogen-bond acceptors (Lipinski definition) is 3. The van der Waals surface area contributed by atoms with Gasteiger partial charge in [0.2, 0.25) is 0 Å². The van der Waals surface area contributed by atoms with Gasteiger partial charge in [-0.3, -0.25) is 4.79 Å². The standard InChI is InChI=1S/C11H23NO3/c1-6-11(4,15-5)10(14)12-9(7-13)8(2)3/h8-9,13H,6-7H2,1-5H3,(H,12,14)/t9-,11?/m1/s1. The van der Waals surface area contributed by atoms with Gasteiger partial charge in [-0.2, -0.15) is 0 Å². The van der Waals surface area contributed by atoms with Crippen LogP contribution >= 0.6 is 0 Å². The molecule has 0 fully saturated rings. The molecule has 0 aromatic heterocycles. The van der Waals surface area contributed by atoms with Crippen molar-refractivity contribution in [1.82, 2.24) is 5.32 Å². The molecule has 0 aliphatic heterocycles. The smallest absolute Gasteiger partial charge is 0.252 e. The monoisotopic (exact) mass is 217 g/mol. The minimum Gasteiger partial charge on any atom is -0.394 e. The van der Waals surface area contributed by atoms with E-state index in [2.05, 4.69) is 5.32 Å². The molecule has 0 saturated heterocycles. The van der Waals surface area contributed by atoms with Crippen LogP contribution in [0.5, 0.6) is 0 Å². The summed E-state index contributed by atoms with van der Waals surface area (Å²) >= 11 is 0. The first kappa shape index (κ1) is 14.4. The second-order valence-electron chi connectivity index (χ2n) is 4.30. The quantitative estimate of drug-likeness (QED) is 0.696. The first-order chi connectivity index (χ1) is 6.91. The van der Waals surface area contributed by atoms with Crippen LogP contribution in [0.2, 0.25) is 0 Å². The Labute approximate surface area is 92.0 Å². The third kappa shape index (κ3) is 3.80. The molecule has 0 saturated carbocycles. The first-order valence-electron chi connectivity index (χ1n) is 5.38. The molecule has 1 amide bonds. The minimum atomic E-state index is -0.803. The van der Waals surface area contributed by atoms with Crippen LogP contribution in [0.3, 0.4) is 0 Å². The first-order valence-corrected chi connectivity index (χ1v) is 5.38. The fourth-order valence-corrected chi connectivity index (χ4v) is 1.14. The molecular weight excluding hydrogens is 194 g/mol. The zero-order chi connectivity index (χ0) is 12.1. The van der Waals surface area contributed by atoms with Crippen LogP contribution < -0.4 is 5.32 Å². The van der Waals surface area contributed by atoms with Crippen LogP contribution in [0.4, 0.5) is 0 Å². The van der Waals surface area contributed by atoms with Crippen LogP contribution in [-0.2, 0) is 9.53 Å². The molecule has 2 atom stereocenters. The summed E-state index contributed by atoms with van der Waals surface area (Å²) in [5.74, 6) is 0.0390. The van der Waals surface area contributed by atoms with Gasteiger partial charge in [-0.1, -0.05) is 20.8 Å². The molecule has 0 rings (SSSR count). The molecule has 15 heavy (non-hydrogen) atoms. The molecule has 0 aliphatic rings. The van der Waals surface area contributed by atoms with E-state index in [1.54, 1.807) is 6.92 Å². The molecule has 0 aliphatic carbocycles. The van der Waals surface area contributed by atoms with Gasteiger partial charge in [-0.15, -0.1) is 0 Å². The molecule has 4 nitrogen and oxygen atoms in total. The lowest BCUT2D eigenvalue weighted by Crippen LogP contribution is -2.51. The van der Waals surface area contributed by atoms with Gasteiger partial charge in [0.05, 0.1) is 12.6 Å². The summed E-state index contributed by atoms with van der Waals surface area (Å²) in [7, 11) is 1.52. The Hall–Kier alpha value is -0.610. The minimum absolute atomic E-state index is 0.0487. The number of hydrogen-bond donors (Lipinski definition) is 2. The molecule has 0 aromatic rings. The Kier molecular flexibility index (Phi) is 5.83. The highest BCUT2D eigenvalue weighted by Crippen LogP contribution is 2.15. The van der Waals surface area contributed by atoms with Gasteiger partial charge in [0.1, 0.15) is 5.60 Å². The highest BCUT2D eigenvalue weighted by atomic mass is 16.5. The van der Waals surface area contributed by atoms with E-state index < -0.39 is 5.60 Å². The predicted molar refractivity (Wildman–Crippen MR) is 59.6 cm³/mol. The topological polar surface area (TPSA) is 58.6 Å². The van der Waals surface area contributed by atoms with Crippen LogP contribution in [0.1, 0.15) is 34.1 Å². The summed E-state index contributed by atoms with van der Waals surface area (Å²) in [5.41, 5.74) is -0.803. The maximum absolute atomic E-state index is 11.9. The molecule has 2 N–H and O–H groups in total. The molecular formula is C11H23NO3. The number of ether oxygens (including phenoxy) is 1. The van der Waals surface area contributed by atoms with Crippen molar-refractivity contribution in [3.8, 4) is 0 Å². The molecule has 1 unspecified atom stereocenters. The number of rotatable bonds is 6. The van der Waals surface area contributed by atoms with Crippen molar-refractivity contribution < 1.29 is 14.6 Å².